The minimum atomic E-state index is -1.39. The third-order valence-corrected chi connectivity index (χ3v) is 5.48. The van der Waals surface area contributed by atoms with Gasteiger partial charge >= 0.3 is 0 Å². The standard InChI is InChI=1S/C16H18BrClN2O6/c1-6(22)20-13-15(24)14(23)10(5-21)26-16(13)25-9-4-19-8-3-2-7(17)12(18)11(8)9/h2-4,10,13-16,19,21,23-24H,5H2,1H3,(H,20,22)/t10-,13-,14+,15-,16?/m1/s1. The van der Waals surface area contributed by atoms with Crippen LogP contribution in [-0.2, 0) is 9.53 Å². The second-order valence-corrected chi connectivity index (χ2v) is 7.22. The quantitative estimate of drug-likeness (QED) is 0.473. The van der Waals surface area contributed by atoms with Crippen molar-refractivity contribution in [2.45, 2.75) is 37.6 Å². The number of halogens is 2. The number of aromatic nitrogens is 1. The van der Waals surface area contributed by atoms with Gasteiger partial charge < -0.3 is 35.1 Å². The third-order valence-electron chi connectivity index (χ3n) is 4.19. The number of amides is 1. The van der Waals surface area contributed by atoms with Crippen LogP contribution in [0.2, 0.25) is 5.02 Å². The van der Waals surface area contributed by atoms with Gasteiger partial charge in [0.2, 0.25) is 12.2 Å². The fourth-order valence-electron chi connectivity index (χ4n) is 2.92. The minimum Gasteiger partial charge on any atom is -0.460 e. The third kappa shape index (κ3) is 3.55. The van der Waals surface area contributed by atoms with Crippen LogP contribution >= 0.6 is 27.5 Å². The van der Waals surface area contributed by atoms with Crippen molar-refractivity contribution < 1.29 is 29.6 Å². The molecule has 0 radical (unpaired) electrons. The SMILES string of the molecule is CC(=O)N[C@H]1C(Oc2c[nH]c3ccc(Br)c(Cl)c23)O[C@H](CO)[C@H](O)[C@@H]1O. The number of benzene rings is 1. The number of nitrogens with one attached hydrogen (secondary N) is 2. The highest BCUT2D eigenvalue weighted by Gasteiger charge is 2.46. The Morgan fingerprint density at radius 3 is 2.81 bits per heavy atom. The maximum atomic E-state index is 11.5. The van der Waals surface area contributed by atoms with Gasteiger partial charge in [0.05, 0.1) is 22.5 Å². The molecule has 1 aliphatic heterocycles. The van der Waals surface area contributed by atoms with Crippen molar-refractivity contribution in [1.29, 1.82) is 0 Å². The molecule has 1 unspecified atom stereocenters. The maximum absolute atomic E-state index is 11.5. The van der Waals surface area contributed by atoms with Crippen LogP contribution in [0, 0.1) is 0 Å². The molecule has 1 fully saturated rings. The number of fused-ring (bicyclic) bond motifs is 1. The van der Waals surface area contributed by atoms with E-state index in [9.17, 15) is 20.1 Å². The summed E-state index contributed by atoms with van der Waals surface area (Å²) in [5, 5.41) is 33.3. The first kappa shape index (κ1) is 19.4. The van der Waals surface area contributed by atoms with Crippen LogP contribution in [0.3, 0.4) is 0 Å². The zero-order valence-electron chi connectivity index (χ0n) is 13.6. The van der Waals surface area contributed by atoms with E-state index in [0.717, 1.165) is 5.52 Å². The molecular weight excluding hydrogens is 432 g/mol. The highest BCUT2D eigenvalue weighted by atomic mass is 79.9. The predicted octanol–water partition coefficient (Wildman–Crippen LogP) is 0.906. The molecule has 2 aromatic rings. The fraction of sp³-hybridized carbons (Fsp3) is 0.438. The molecule has 0 aliphatic carbocycles. The number of hydrogen-bond acceptors (Lipinski definition) is 6. The van der Waals surface area contributed by atoms with E-state index >= 15 is 0 Å². The fourth-order valence-corrected chi connectivity index (χ4v) is 3.50. The summed E-state index contributed by atoms with van der Waals surface area (Å²) in [6.07, 6.45) is -3.40. The number of aliphatic hydroxyl groups excluding tert-OH is 3. The second-order valence-electron chi connectivity index (χ2n) is 5.99. The normalized spacial score (nSPS) is 28.9. The molecule has 1 aromatic carbocycles. The molecule has 142 valence electrons. The van der Waals surface area contributed by atoms with E-state index in [1.165, 1.54) is 6.92 Å². The van der Waals surface area contributed by atoms with Crippen molar-refractivity contribution in [2.75, 3.05) is 6.61 Å². The summed E-state index contributed by atoms with van der Waals surface area (Å²) >= 11 is 9.68. The summed E-state index contributed by atoms with van der Waals surface area (Å²) in [5.74, 6) is -0.0902. The number of carbonyl (C=O) groups is 1. The lowest BCUT2D eigenvalue weighted by Gasteiger charge is -2.41. The first-order valence-electron chi connectivity index (χ1n) is 7.84. The van der Waals surface area contributed by atoms with Crippen LogP contribution < -0.4 is 10.1 Å². The summed E-state index contributed by atoms with van der Waals surface area (Å²) in [5.41, 5.74) is 0.722. The Labute approximate surface area is 162 Å². The monoisotopic (exact) mass is 448 g/mol. The van der Waals surface area contributed by atoms with Gasteiger partial charge in [-0.1, -0.05) is 11.6 Å². The lowest BCUT2D eigenvalue weighted by molar-refractivity contribution is -0.244. The van der Waals surface area contributed by atoms with Gasteiger partial charge in [0.15, 0.2) is 0 Å². The zero-order chi connectivity index (χ0) is 19.0. The van der Waals surface area contributed by atoms with Crippen molar-refractivity contribution in [3.8, 4) is 5.75 Å². The topological polar surface area (TPSA) is 124 Å². The van der Waals surface area contributed by atoms with Gasteiger partial charge in [-0.05, 0) is 28.1 Å². The van der Waals surface area contributed by atoms with Gasteiger partial charge in [-0.3, -0.25) is 4.79 Å². The van der Waals surface area contributed by atoms with Gasteiger partial charge in [-0.25, -0.2) is 0 Å². The first-order valence-corrected chi connectivity index (χ1v) is 9.02. The van der Waals surface area contributed by atoms with E-state index in [2.05, 4.69) is 26.2 Å². The van der Waals surface area contributed by atoms with Gasteiger partial charge in [-0.15, -0.1) is 0 Å². The molecule has 8 nitrogen and oxygen atoms in total. The average molecular weight is 450 g/mol. The van der Waals surface area contributed by atoms with Gasteiger partial charge in [-0.2, -0.15) is 0 Å². The Hall–Kier alpha value is -1.36. The Bertz CT molecular complexity index is 815. The van der Waals surface area contributed by atoms with Gasteiger partial charge in [0.25, 0.3) is 0 Å². The molecule has 10 heteroatoms. The van der Waals surface area contributed by atoms with Gasteiger partial charge in [0, 0.05) is 17.6 Å². The van der Waals surface area contributed by atoms with E-state index in [4.69, 9.17) is 21.1 Å². The average Bonchev–Trinajstić information content (AvgIpc) is 3.01. The summed E-state index contributed by atoms with van der Waals surface area (Å²) in [6, 6.07) is 2.55. The number of H-pyrrole nitrogens is 1. The summed E-state index contributed by atoms with van der Waals surface area (Å²) in [4.78, 5) is 14.5. The lowest BCUT2D eigenvalue weighted by Crippen LogP contribution is -2.65. The highest BCUT2D eigenvalue weighted by molar-refractivity contribution is 9.10. The summed E-state index contributed by atoms with van der Waals surface area (Å²) < 4.78 is 12.1. The summed E-state index contributed by atoms with van der Waals surface area (Å²) in [7, 11) is 0. The van der Waals surface area contributed by atoms with E-state index < -0.39 is 43.2 Å². The molecular formula is C16H18BrClN2O6. The largest absolute Gasteiger partial charge is 0.460 e. The molecule has 2 heterocycles. The van der Waals surface area contributed by atoms with Crippen molar-refractivity contribution in [3.05, 3.63) is 27.8 Å². The van der Waals surface area contributed by atoms with E-state index in [-0.39, 0.29) is 0 Å². The number of hydrogen-bond donors (Lipinski definition) is 5. The molecule has 0 bridgehead atoms. The van der Waals surface area contributed by atoms with E-state index in [0.29, 0.717) is 20.6 Å². The van der Waals surface area contributed by atoms with Crippen LogP contribution in [0.1, 0.15) is 6.92 Å². The molecule has 1 amide bonds. The van der Waals surface area contributed by atoms with Crippen LogP contribution in [0.4, 0.5) is 0 Å². The lowest BCUT2D eigenvalue weighted by atomic mass is 9.97. The minimum absolute atomic E-state index is 0.340. The van der Waals surface area contributed by atoms with Gasteiger partial charge in [0.1, 0.15) is 30.1 Å². The Kier molecular flexibility index (Phi) is 5.75. The maximum Gasteiger partial charge on any atom is 0.223 e. The molecule has 5 atom stereocenters. The predicted molar refractivity (Wildman–Crippen MR) is 97.0 cm³/mol. The Balaban J connectivity index is 1.95. The summed E-state index contributed by atoms with van der Waals surface area (Å²) in [6.45, 7) is 0.749. The molecule has 1 aliphatic rings. The van der Waals surface area contributed by atoms with Crippen LogP contribution in [0.25, 0.3) is 10.9 Å². The van der Waals surface area contributed by atoms with Crippen LogP contribution in [-0.4, -0.2) is 63.5 Å². The number of aromatic amines is 1. The molecule has 26 heavy (non-hydrogen) atoms. The zero-order valence-corrected chi connectivity index (χ0v) is 16.0. The van der Waals surface area contributed by atoms with Crippen LogP contribution in [0.15, 0.2) is 22.8 Å². The van der Waals surface area contributed by atoms with Crippen molar-refractivity contribution in [1.82, 2.24) is 10.3 Å². The molecule has 0 saturated carbocycles. The number of carbonyl (C=O) groups excluding carboxylic acids is 1. The van der Waals surface area contributed by atoms with E-state index in [1.54, 1.807) is 18.3 Å². The van der Waals surface area contributed by atoms with Crippen LogP contribution in [0.5, 0.6) is 5.75 Å². The molecule has 3 rings (SSSR count). The number of rotatable bonds is 4. The van der Waals surface area contributed by atoms with Crippen molar-refractivity contribution >= 4 is 44.3 Å². The smallest absolute Gasteiger partial charge is 0.223 e. The second kappa shape index (κ2) is 7.71. The van der Waals surface area contributed by atoms with Crippen molar-refractivity contribution in [3.63, 3.8) is 0 Å². The molecule has 5 N–H and O–H groups in total. The number of ether oxygens (including phenoxy) is 2. The molecule has 0 spiro atoms. The first-order chi connectivity index (χ1) is 12.3. The van der Waals surface area contributed by atoms with E-state index in [1.807, 2.05) is 0 Å². The van der Waals surface area contributed by atoms with Crippen molar-refractivity contribution in [2.24, 2.45) is 0 Å². The Morgan fingerprint density at radius 2 is 2.15 bits per heavy atom. The number of aliphatic hydroxyl groups is 3. The molecule has 1 aromatic heterocycles. The highest BCUT2D eigenvalue weighted by Crippen LogP contribution is 2.38. The molecule has 1 saturated heterocycles. The Morgan fingerprint density at radius 1 is 1.42 bits per heavy atom.